The first-order valence-corrected chi connectivity index (χ1v) is 6.34. The van der Waals surface area contributed by atoms with E-state index >= 15 is 0 Å². The van der Waals surface area contributed by atoms with Crippen molar-refractivity contribution in [2.75, 3.05) is 17.7 Å². The molecule has 0 aliphatic heterocycles. The van der Waals surface area contributed by atoms with Crippen molar-refractivity contribution < 1.29 is 4.79 Å². The highest BCUT2D eigenvalue weighted by Crippen LogP contribution is 2.17. The summed E-state index contributed by atoms with van der Waals surface area (Å²) in [6, 6.07) is 7.52. The van der Waals surface area contributed by atoms with Crippen LogP contribution in [-0.2, 0) is 4.79 Å². The van der Waals surface area contributed by atoms with Crippen LogP contribution in [-0.4, -0.2) is 25.0 Å². The zero-order valence-corrected chi connectivity index (χ0v) is 11.6. The van der Waals surface area contributed by atoms with E-state index in [0.717, 1.165) is 17.8 Å². The van der Waals surface area contributed by atoms with Crippen molar-refractivity contribution >= 4 is 17.3 Å². The van der Waals surface area contributed by atoms with Gasteiger partial charge in [0.15, 0.2) is 0 Å². The molecule has 0 spiro atoms. The van der Waals surface area contributed by atoms with Gasteiger partial charge in [0.05, 0.1) is 0 Å². The lowest BCUT2D eigenvalue weighted by Crippen LogP contribution is -2.46. The van der Waals surface area contributed by atoms with Gasteiger partial charge in [-0.05, 0) is 44.5 Å². The van der Waals surface area contributed by atoms with Crippen LogP contribution in [0.4, 0.5) is 11.4 Å². The van der Waals surface area contributed by atoms with Gasteiger partial charge < -0.3 is 16.0 Å². The first kappa shape index (κ1) is 14.4. The number of benzene rings is 1. The van der Waals surface area contributed by atoms with Crippen LogP contribution in [0, 0.1) is 0 Å². The van der Waals surface area contributed by atoms with Gasteiger partial charge in [-0.15, -0.1) is 0 Å². The van der Waals surface area contributed by atoms with Crippen molar-refractivity contribution in [3.8, 4) is 0 Å². The Kier molecular flexibility index (Phi) is 5.01. The number of anilines is 2. The minimum Gasteiger partial charge on any atom is -0.399 e. The Bertz CT molecular complexity index is 389. The molecule has 2 atom stereocenters. The van der Waals surface area contributed by atoms with Crippen molar-refractivity contribution in [3.63, 3.8) is 0 Å². The number of rotatable bonds is 5. The van der Waals surface area contributed by atoms with E-state index in [4.69, 9.17) is 5.73 Å². The van der Waals surface area contributed by atoms with E-state index in [2.05, 4.69) is 12.2 Å². The number of nitrogens with one attached hydrogen (secondary N) is 1. The van der Waals surface area contributed by atoms with E-state index in [0.29, 0.717) is 0 Å². The van der Waals surface area contributed by atoms with Crippen LogP contribution in [0.2, 0.25) is 0 Å². The van der Waals surface area contributed by atoms with E-state index in [1.165, 1.54) is 0 Å². The van der Waals surface area contributed by atoms with Gasteiger partial charge in [-0.1, -0.05) is 6.92 Å². The highest BCUT2D eigenvalue weighted by Gasteiger charge is 2.19. The molecule has 1 amide bonds. The summed E-state index contributed by atoms with van der Waals surface area (Å²) in [6.45, 7) is 5.96. The van der Waals surface area contributed by atoms with E-state index in [-0.39, 0.29) is 18.0 Å². The number of nitrogens with zero attached hydrogens (tertiary/aromatic N) is 1. The molecule has 1 aromatic carbocycles. The first-order chi connectivity index (χ1) is 8.45. The average Bonchev–Trinajstić information content (AvgIpc) is 2.37. The number of hydrogen-bond donors (Lipinski definition) is 2. The molecule has 1 aromatic rings. The Morgan fingerprint density at radius 2 is 1.89 bits per heavy atom. The second-order valence-electron chi connectivity index (χ2n) is 4.70. The molecule has 0 aromatic heterocycles. The summed E-state index contributed by atoms with van der Waals surface area (Å²) in [7, 11) is 1.91. The zero-order valence-electron chi connectivity index (χ0n) is 11.6. The normalized spacial score (nSPS) is 13.8. The maximum Gasteiger partial charge on any atom is 0.242 e. The topological polar surface area (TPSA) is 58.4 Å². The van der Waals surface area contributed by atoms with E-state index in [1.54, 1.807) is 0 Å². The second-order valence-corrected chi connectivity index (χ2v) is 4.70. The number of nitrogens with two attached hydrogens (primary N) is 1. The molecule has 3 N–H and O–H groups in total. The summed E-state index contributed by atoms with van der Waals surface area (Å²) in [4.78, 5) is 14.0. The van der Waals surface area contributed by atoms with Gasteiger partial charge in [0, 0.05) is 24.5 Å². The van der Waals surface area contributed by atoms with Crippen molar-refractivity contribution in [2.24, 2.45) is 0 Å². The van der Waals surface area contributed by atoms with Gasteiger partial charge in [0.25, 0.3) is 0 Å². The molecule has 0 radical (unpaired) electrons. The molecule has 0 aliphatic rings. The summed E-state index contributed by atoms with van der Waals surface area (Å²) in [5.74, 6) is 0.0451. The van der Waals surface area contributed by atoms with Crippen molar-refractivity contribution in [1.29, 1.82) is 0 Å². The predicted octanol–water partition coefficient (Wildman–Crippen LogP) is 2.01. The molecule has 4 heteroatoms. The van der Waals surface area contributed by atoms with Gasteiger partial charge in [-0.25, -0.2) is 0 Å². The molecular formula is C14H23N3O. The standard InChI is InChI=1S/C14H23N3O/c1-5-10(2)16-14(18)11(3)17(4)13-8-6-12(15)7-9-13/h6-11H,5,15H2,1-4H3,(H,16,18). The second kappa shape index (κ2) is 6.28. The molecule has 18 heavy (non-hydrogen) atoms. The number of hydrogen-bond acceptors (Lipinski definition) is 3. The van der Waals surface area contributed by atoms with E-state index < -0.39 is 0 Å². The Morgan fingerprint density at radius 1 is 1.33 bits per heavy atom. The first-order valence-electron chi connectivity index (χ1n) is 6.34. The Balaban J connectivity index is 2.68. The molecule has 4 nitrogen and oxygen atoms in total. The fourth-order valence-electron chi connectivity index (χ4n) is 1.57. The number of amides is 1. The number of carbonyl (C=O) groups is 1. The summed E-state index contributed by atoms with van der Waals surface area (Å²) in [6.07, 6.45) is 0.935. The maximum absolute atomic E-state index is 12.0. The molecule has 0 heterocycles. The van der Waals surface area contributed by atoms with Crippen LogP contribution in [0.1, 0.15) is 27.2 Å². The third-order valence-electron chi connectivity index (χ3n) is 3.26. The van der Waals surface area contributed by atoms with E-state index in [9.17, 15) is 4.79 Å². The maximum atomic E-state index is 12.0. The van der Waals surface area contributed by atoms with E-state index in [1.807, 2.05) is 50.1 Å². The fourth-order valence-corrected chi connectivity index (χ4v) is 1.57. The molecule has 2 unspecified atom stereocenters. The molecule has 0 bridgehead atoms. The van der Waals surface area contributed by atoms with Crippen LogP contribution >= 0.6 is 0 Å². The Hall–Kier alpha value is -1.71. The molecule has 0 saturated heterocycles. The third-order valence-corrected chi connectivity index (χ3v) is 3.26. The molecule has 0 saturated carbocycles. The quantitative estimate of drug-likeness (QED) is 0.785. The lowest BCUT2D eigenvalue weighted by atomic mass is 10.2. The SMILES string of the molecule is CCC(C)NC(=O)C(C)N(C)c1ccc(N)cc1. The molecule has 100 valence electrons. The van der Waals surface area contributed by atoms with Gasteiger partial charge in [0.1, 0.15) is 6.04 Å². The third kappa shape index (κ3) is 3.65. The minimum atomic E-state index is -0.206. The number of carbonyl (C=O) groups excluding carboxylic acids is 1. The zero-order chi connectivity index (χ0) is 13.7. The van der Waals surface area contributed by atoms with Crippen molar-refractivity contribution in [2.45, 2.75) is 39.3 Å². The Labute approximate surface area is 109 Å². The summed E-state index contributed by atoms with van der Waals surface area (Å²) in [5, 5.41) is 2.99. The lowest BCUT2D eigenvalue weighted by Gasteiger charge is -2.27. The van der Waals surface area contributed by atoms with Gasteiger partial charge in [0.2, 0.25) is 5.91 Å². The van der Waals surface area contributed by atoms with Crippen LogP contribution in [0.25, 0.3) is 0 Å². The van der Waals surface area contributed by atoms with Gasteiger partial charge in [-0.2, -0.15) is 0 Å². The summed E-state index contributed by atoms with van der Waals surface area (Å²) >= 11 is 0. The smallest absolute Gasteiger partial charge is 0.242 e. The largest absolute Gasteiger partial charge is 0.399 e. The molecule has 1 rings (SSSR count). The minimum absolute atomic E-state index is 0.0451. The van der Waals surface area contributed by atoms with Crippen molar-refractivity contribution in [1.82, 2.24) is 5.32 Å². The highest BCUT2D eigenvalue weighted by molar-refractivity contribution is 5.85. The molecule has 0 fully saturated rings. The predicted molar refractivity (Wildman–Crippen MR) is 76.6 cm³/mol. The number of nitrogen functional groups attached to an aromatic ring is 1. The summed E-state index contributed by atoms with van der Waals surface area (Å²) < 4.78 is 0. The average molecular weight is 249 g/mol. The number of likely N-dealkylation sites (N-methyl/N-ethyl adjacent to an activating group) is 1. The molecular weight excluding hydrogens is 226 g/mol. The highest BCUT2D eigenvalue weighted by atomic mass is 16.2. The molecule has 0 aliphatic carbocycles. The lowest BCUT2D eigenvalue weighted by molar-refractivity contribution is -0.122. The monoisotopic (exact) mass is 249 g/mol. The van der Waals surface area contributed by atoms with Crippen molar-refractivity contribution in [3.05, 3.63) is 24.3 Å². The fraction of sp³-hybridized carbons (Fsp3) is 0.500. The van der Waals surface area contributed by atoms with Crippen LogP contribution in [0.5, 0.6) is 0 Å². The Morgan fingerprint density at radius 3 is 2.39 bits per heavy atom. The summed E-state index contributed by atoms with van der Waals surface area (Å²) in [5.41, 5.74) is 7.36. The van der Waals surface area contributed by atoms with Crippen LogP contribution in [0.15, 0.2) is 24.3 Å². The van der Waals surface area contributed by atoms with Crippen LogP contribution in [0.3, 0.4) is 0 Å². The van der Waals surface area contributed by atoms with Gasteiger partial charge >= 0.3 is 0 Å². The van der Waals surface area contributed by atoms with Crippen LogP contribution < -0.4 is 16.0 Å². The van der Waals surface area contributed by atoms with Gasteiger partial charge in [-0.3, -0.25) is 4.79 Å².